The van der Waals surface area contributed by atoms with E-state index in [1.165, 1.54) is 28.6 Å². The van der Waals surface area contributed by atoms with Crippen LogP contribution in [0, 0.1) is 10.1 Å². The minimum atomic E-state index is -3.80. The molecule has 1 fully saturated rings. The van der Waals surface area contributed by atoms with Crippen molar-refractivity contribution >= 4 is 15.7 Å². The van der Waals surface area contributed by atoms with E-state index >= 15 is 0 Å². The molecule has 27 heavy (non-hydrogen) atoms. The third-order valence-electron chi connectivity index (χ3n) is 4.86. The Balaban J connectivity index is 2.00. The largest absolute Gasteiger partial charge is 0.387 e. The van der Waals surface area contributed by atoms with E-state index in [4.69, 9.17) is 0 Å². The topological polar surface area (TPSA) is 101 Å². The van der Waals surface area contributed by atoms with Gasteiger partial charge in [0, 0.05) is 25.2 Å². The summed E-state index contributed by atoms with van der Waals surface area (Å²) in [4.78, 5) is 10.3. The Kier molecular flexibility index (Phi) is 5.88. The zero-order valence-corrected chi connectivity index (χ0v) is 15.6. The molecule has 1 saturated heterocycles. The van der Waals surface area contributed by atoms with E-state index in [9.17, 15) is 23.6 Å². The smallest absolute Gasteiger partial charge is 0.269 e. The molecule has 7 nitrogen and oxygen atoms in total. The van der Waals surface area contributed by atoms with E-state index < -0.39 is 26.3 Å². The fourth-order valence-corrected chi connectivity index (χ4v) is 5.48. The van der Waals surface area contributed by atoms with Gasteiger partial charge in [-0.25, -0.2) is 12.7 Å². The molecule has 3 rings (SSSR count). The zero-order valence-electron chi connectivity index (χ0n) is 14.8. The van der Waals surface area contributed by atoms with Gasteiger partial charge in [0.05, 0.1) is 4.92 Å². The molecule has 0 spiro atoms. The molecule has 8 heteroatoms. The monoisotopic (exact) mass is 390 g/mol. The lowest BCUT2D eigenvalue weighted by Gasteiger charge is -2.32. The zero-order chi connectivity index (χ0) is 19.4. The van der Waals surface area contributed by atoms with Crippen molar-refractivity contribution in [1.82, 2.24) is 4.31 Å². The summed E-state index contributed by atoms with van der Waals surface area (Å²) >= 11 is 0. The molecule has 1 heterocycles. The second-order valence-corrected chi connectivity index (χ2v) is 8.68. The van der Waals surface area contributed by atoms with Crippen LogP contribution in [0.3, 0.4) is 0 Å². The Labute approximate surface area is 158 Å². The van der Waals surface area contributed by atoms with Crippen LogP contribution in [0.15, 0.2) is 54.6 Å². The van der Waals surface area contributed by atoms with Crippen LogP contribution in [0.4, 0.5) is 5.69 Å². The molecule has 0 radical (unpaired) electrons. The highest BCUT2D eigenvalue weighted by atomic mass is 32.2. The number of sulfonamides is 1. The maximum Gasteiger partial charge on any atom is 0.269 e. The Bertz CT molecular complexity index is 878. The lowest BCUT2D eigenvalue weighted by molar-refractivity contribution is -0.384. The number of non-ortho nitro benzene ring substituents is 1. The fourth-order valence-electron chi connectivity index (χ4n) is 3.41. The molecule has 0 aromatic heterocycles. The number of aliphatic hydroxyl groups is 1. The number of nitro benzene ring substituents is 1. The summed E-state index contributed by atoms with van der Waals surface area (Å²) in [5.41, 5.74) is 0.713. The van der Waals surface area contributed by atoms with Crippen LogP contribution in [0.2, 0.25) is 0 Å². The number of nitrogens with zero attached hydrogens (tertiary/aromatic N) is 2. The van der Waals surface area contributed by atoms with Gasteiger partial charge in [-0.1, -0.05) is 36.8 Å². The van der Waals surface area contributed by atoms with Crippen molar-refractivity contribution in [1.29, 1.82) is 0 Å². The van der Waals surface area contributed by atoms with Gasteiger partial charge >= 0.3 is 0 Å². The van der Waals surface area contributed by atoms with E-state index in [0.717, 1.165) is 19.3 Å². The second kappa shape index (κ2) is 8.16. The average molecular weight is 390 g/mol. The lowest BCUT2D eigenvalue weighted by Crippen LogP contribution is -2.40. The summed E-state index contributed by atoms with van der Waals surface area (Å²) in [5, 5.41) is 20.6. The van der Waals surface area contributed by atoms with Crippen LogP contribution < -0.4 is 0 Å². The number of piperidine rings is 1. The molecule has 0 bridgehead atoms. The molecule has 2 atom stereocenters. The average Bonchev–Trinajstić information content (AvgIpc) is 2.69. The highest BCUT2D eigenvalue weighted by molar-refractivity contribution is 7.89. The predicted octanol–water partition coefficient (Wildman–Crippen LogP) is 3.19. The summed E-state index contributed by atoms with van der Waals surface area (Å²) in [6.45, 7) is 0.886. The molecule has 144 valence electrons. The standard InChI is InChI=1S/C19H22N2O5S/c22-18(15-9-11-17(12-10-15)21(23)24)19(16-7-3-1-4-8-16)27(25,26)20-13-5-2-6-14-20/h1,3-4,7-12,18-19,22H,2,5-6,13-14H2/t18-,19+/m1/s1. The number of rotatable bonds is 6. The summed E-state index contributed by atoms with van der Waals surface area (Å²) in [6.07, 6.45) is 1.26. The summed E-state index contributed by atoms with van der Waals surface area (Å²) in [7, 11) is -3.80. The molecule has 0 unspecified atom stereocenters. The van der Waals surface area contributed by atoms with E-state index in [1.807, 2.05) is 0 Å². The van der Waals surface area contributed by atoms with Gasteiger partial charge in [0.15, 0.2) is 0 Å². The van der Waals surface area contributed by atoms with Crippen molar-refractivity contribution in [3.05, 3.63) is 75.8 Å². The van der Waals surface area contributed by atoms with Crippen molar-refractivity contribution in [3.8, 4) is 0 Å². The Morgan fingerprint density at radius 1 is 0.926 bits per heavy atom. The Morgan fingerprint density at radius 3 is 2.07 bits per heavy atom. The number of benzene rings is 2. The summed E-state index contributed by atoms with van der Waals surface area (Å²) < 4.78 is 28.1. The Morgan fingerprint density at radius 2 is 1.52 bits per heavy atom. The molecular weight excluding hydrogens is 368 g/mol. The summed E-state index contributed by atoms with van der Waals surface area (Å²) in [5.74, 6) is 0. The van der Waals surface area contributed by atoms with Crippen LogP contribution in [0.25, 0.3) is 0 Å². The van der Waals surface area contributed by atoms with E-state index in [-0.39, 0.29) is 5.69 Å². The van der Waals surface area contributed by atoms with Gasteiger partial charge in [0.25, 0.3) is 5.69 Å². The van der Waals surface area contributed by atoms with Gasteiger partial charge in [-0.2, -0.15) is 0 Å². The number of hydrogen-bond acceptors (Lipinski definition) is 5. The normalized spacial score (nSPS) is 18.0. The molecule has 1 N–H and O–H groups in total. The minimum absolute atomic E-state index is 0.110. The van der Waals surface area contributed by atoms with E-state index in [1.54, 1.807) is 30.3 Å². The van der Waals surface area contributed by atoms with Crippen molar-refractivity contribution in [2.75, 3.05) is 13.1 Å². The van der Waals surface area contributed by atoms with Crippen molar-refractivity contribution < 1.29 is 18.4 Å². The molecular formula is C19H22N2O5S. The third kappa shape index (κ3) is 4.18. The van der Waals surface area contributed by atoms with Gasteiger partial charge in [-0.3, -0.25) is 10.1 Å². The number of nitro groups is 1. The summed E-state index contributed by atoms with van der Waals surface area (Å²) in [6, 6.07) is 14.0. The first-order valence-corrected chi connectivity index (χ1v) is 10.4. The van der Waals surface area contributed by atoms with Crippen molar-refractivity contribution in [2.45, 2.75) is 30.6 Å². The maximum absolute atomic E-state index is 13.3. The quantitative estimate of drug-likeness (QED) is 0.603. The first-order chi connectivity index (χ1) is 12.9. The molecule has 1 aliphatic heterocycles. The molecule has 0 amide bonds. The lowest BCUT2D eigenvalue weighted by atomic mass is 10.0. The van der Waals surface area contributed by atoms with Crippen LogP contribution in [-0.2, 0) is 10.0 Å². The molecule has 0 saturated carbocycles. The second-order valence-electron chi connectivity index (χ2n) is 6.63. The maximum atomic E-state index is 13.3. The van der Waals surface area contributed by atoms with Crippen molar-refractivity contribution in [3.63, 3.8) is 0 Å². The van der Waals surface area contributed by atoms with Crippen LogP contribution in [-0.4, -0.2) is 35.8 Å². The number of hydrogen-bond donors (Lipinski definition) is 1. The predicted molar refractivity (Wildman–Crippen MR) is 102 cm³/mol. The van der Waals surface area contributed by atoms with Crippen molar-refractivity contribution in [2.24, 2.45) is 0 Å². The van der Waals surface area contributed by atoms with E-state index in [2.05, 4.69) is 0 Å². The van der Waals surface area contributed by atoms with E-state index in [0.29, 0.717) is 24.2 Å². The first-order valence-electron chi connectivity index (χ1n) is 8.87. The van der Waals surface area contributed by atoms with Crippen LogP contribution in [0.5, 0.6) is 0 Å². The number of aliphatic hydroxyl groups excluding tert-OH is 1. The molecule has 1 aliphatic rings. The van der Waals surface area contributed by atoms with Gasteiger partial charge in [0.2, 0.25) is 10.0 Å². The third-order valence-corrected chi connectivity index (χ3v) is 7.11. The Hall–Kier alpha value is -2.29. The highest BCUT2D eigenvalue weighted by Gasteiger charge is 2.39. The van der Waals surface area contributed by atoms with Gasteiger partial charge in [-0.05, 0) is 36.1 Å². The molecule has 2 aromatic rings. The van der Waals surface area contributed by atoms with Crippen LogP contribution in [0.1, 0.15) is 41.7 Å². The van der Waals surface area contributed by atoms with Crippen LogP contribution >= 0.6 is 0 Å². The molecule has 0 aliphatic carbocycles. The van der Waals surface area contributed by atoms with Gasteiger partial charge in [-0.15, -0.1) is 0 Å². The van der Waals surface area contributed by atoms with Gasteiger partial charge in [0.1, 0.15) is 11.4 Å². The first kappa shape index (κ1) is 19.5. The minimum Gasteiger partial charge on any atom is -0.387 e. The van der Waals surface area contributed by atoms with Gasteiger partial charge < -0.3 is 5.11 Å². The highest BCUT2D eigenvalue weighted by Crippen LogP contribution is 2.38. The molecule has 2 aromatic carbocycles. The SMILES string of the molecule is O=[N+]([O-])c1ccc([C@@H](O)[C@H](c2ccccc2)S(=O)(=O)N2CCCCC2)cc1. The fraction of sp³-hybridized carbons (Fsp3) is 0.368.